The molecular weight excluding hydrogens is 286 g/mol. The Morgan fingerprint density at radius 3 is 2.71 bits per heavy atom. The zero-order chi connectivity index (χ0) is 15.3. The van der Waals surface area contributed by atoms with Crippen molar-refractivity contribution in [3.8, 4) is 0 Å². The van der Waals surface area contributed by atoms with E-state index in [-0.39, 0.29) is 4.90 Å². The third kappa shape index (κ3) is 4.98. The van der Waals surface area contributed by atoms with Crippen LogP contribution >= 0.6 is 0 Å². The highest BCUT2D eigenvalue weighted by molar-refractivity contribution is 7.89. The van der Waals surface area contributed by atoms with Gasteiger partial charge in [-0.15, -0.1) is 0 Å². The summed E-state index contributed by atoms with van der Waals surface area (Å²) in [6.07, 6.45) is 3.39. The standard InChI is InChI=1S/C15H25N3O2S/c1-13-4-2-10-18(12-13)11-3-9-17-21(19,20)15-7-5-14(16)6-8-15/h5-8,13,17H,2-4,9-12,16H2,1H3/t13-/m1/s1. The minimum atomic E-state index is -3.41. The lowest BCUT2D eigenvalue weighted by molar-refractivity contribution is 0.182. The Morgan fingerprint density at radius 1 is 1.33 bits per heavy atom. The van der Waals surface area contributed by atoms with Gasteiger partial charge in [-0.2, -0.15) is 0 Å². The van der Waals surface area contributed by atoms with Gasteiger partial charge in [-0.05, 0) is 62.5 Å². The highest BCUT2D eigenvalue weighted by atomic mass is 32.2. The van der Waals surface area contributed by atoms with Crippen LogP contribution < -0.4 is 10.5 Å². The molecule has 1 aliphatic heterocycles. The van der Waals surface area contributed by atoms with Crippen LogP contribution in [0.5, 0.6) is 0 Å². The predicted octanol–water partition coefficient (Wildman–Crippen LogP) is 1.67. The van der Waals surface area contributed by atoms with Crippen LogP contribution in [0.1, 0.15) is 26.2 Å². The third-order valence-electron chi connectivity index (χ3n) is 3.87. The van der Waals surface area contributed by atoms with E-state index in [9.17, 15) is 8.42 Å². The molecule has 6 heteroatoms. The van der Waals surface area contributed by atoms with Crippen molar-refractivity contribution in [3.05, 3.63) is 24.3 Å². The van der Waals surface area contributed by atoms with Crippen LogP contribution in [-0.4, -0.2) is 39.5 Å². The van der Waals surface area contributed by atoms with Gasteiger partial charge < -0.3 is 10.6 Å². The minimum absolute atomic E-state index is 0.267. The molecule has 2 rings (SSSR count). The van der Waals surface area contributed by atoms with Crippen LogP contribution in [-0.2, 0) is 10.0 Å². The average molecular weight is 311 g/mol. The first-order valence-corrected chi connectivity index (χ1v) is 9.03. The van der Waals surface area contributed by atoms with Gasteiger partial charge in [0, 0.05) is 18.8 Å². The van der Waals surface area contributed by atoms with Crippen LogP contribution in [0.3, 0.4) is 0 Å². The number of piperidine rings is 1. The number of hydrogen-bond donors (Lipinski definition) is 2. The first-order chi connectivity index (χ1) is 9.97. The van der Waals surface area contributed by atoms with Gasteiger partial charge >= 0.3 is 0 Å². The van der Waals surface area contributed by atoms with Crippen molar-refractivity contribution in [2.24, 2.45) is 5.92 Å². The summed E-state index contributed by atoms with van der Waals surface area (Å²) >= 11 is 0. The van der Waals surface area contributed by atoms with Crippen LogP contribution in [0.4, 0.5) is 5.69 Å². The van der Waals surface area contributed by atoms with Crippen molar-refractivity contribution in [1.29, 1.82) is 0 Å². The molecule has 1 aliphatic rings. The van der Waals surface area contributed by atoms with E-state index in [0.29, 0.717) is 12.2 Å². The van der Waals surface area contributed by atoms with Crippen LogP contribution in [0.15, 0.2) is 29.2 Å². The lowest BCUT2D eigenvalue weighted by Gasteiger charge is -2.30. The third-order valence-corrected chi connectivity index (χ3v) is 5.35. The summed E-state index contributed by atoms with van der Waals surface area (Å²) in [4.78, 5) is 2.69. The van der Waals surface area contributed by atoms with Crippen molar-refractivity contribution in [1.82, 2.24) is 9.62 Å². The summed E-state index contributed by atoms with van der Waals surface area (Å²) in [6.45, 7) is 5.96. The predicted molar refractivity (Wildman–Crippen MR) is 85.5 cm³/mol. The molecule has 1 heterocycles. The second kappa shape index (κ2) is 7.24. The molecule has 3 N–H and O–H groups in total. The molecule has 0 spiro atoms. The summed E-state index contributed by atoms with van der Waals surface area (Å²) < 4.78 is 26.8. The van der Waals surface area contributed by atoms with Crippen LogP contribution in [0, 0.1) is 5.92 Å². The van der Waals surface area contributed by atoms with Gasteiger partial charge in [-0.1, -0.05) is 6.92 Å². The van der Waals surface area contributed by atoms with E-state index in [2.05, 4.69) is 16.5 Å². The maximum Gasteiger partial charge on any atom is 0.240 e. The SMILES string of the molecule is C[C@@H]1CCCN(CCCNS(=O)(=O)c2ccc(N)cc2)C1. The molecule has 1 aromatic rings. The maximum atomic E-state index is 12.1. The summed E-state index contributed by atoms with van der Waals surface area (Å²) in [5.74, 6) is 0.755. The molecule has 0 bridgehead atoms. The Labute approximate surface area is 127 Å². The molecule has 118 valence electrons. The number of sulfonamides is 1. The Morgan fingerprint density at radius 2 is 2.05 bits per heavy atom. The molecule has 0 saturated carbocycles. The van der Waals surface area contributed by atoms with Crippen molar-refractivity contribution < 1.29 is 8.42 Å². The van der Waals surface area contributed by atoms with E-state index in [1.165, 1.54) is 25.0 Å². The molecule has 1 saturated heterocycles. The fraction of sp³-hybridized carbons (Fsp3) is 0.600. The van der Waals surface area contributed by atoms with Crippen LogP contribution in [0.25, 0.3) is 0 Å². The number of benzene rings is 1. The number of nitrogens with two attached hydrogens (primary N) is 1. The summed E-state index contributed by atoms with van der Waals surface area (Å²) in [6, 6.07) is 6.27. The summed E-state index contributed by atoms with van der Waals surface area (Å²) in [7, 11) is -3.41. The van der Waals surface area contributed by atoms with Gasteiger partial charge in [0.15, 0.2) is 0 Å². The Hall–Kier alpha value is -1.11. The number of anilines is 1. The Balaban J connectivity index is 1.76. The van der Waals surface area contributed by atoms with Gasteiger partial charge in [0.25, 0.3) is 0 Å². The number of hydrogen-bond acceptors (Lipinski definition) is 4. The molecule has 1 aromatic carbocycles. The molecule has 0 amide bonds. The lowest BCUT2D eigenvalue weighted by Crippen LogP contribution is -2.36. The highest BCUT2D eigenvalue weighted by Crippen LogP contribution is 2.15. The molecule has 0 aromatic heterocycles. The second-order valence-corrected chi connectivity index (χ2v) is 7.64. The van der Waals surface area contributed by atoms with E-state index in [4.69, 9.17) is 5.73 Å². The van der Waals surface area contributed by atoms with Crippen molar-refractivity contribution in [2.45, 2.75) is 31.1 Å². The number of nitrogens with zero attached hydrogens (tertiary/aromatic N) is 1. The normalized spacial score (nSPS) is 20.5. The number of rotatable bonds is 6. The van der Waals surface area contributed by atoms with Gasteiger partial charge in [-0.3, -0.25) is 0 Å². The smallest absolute Gasteiger partial charge is 0.240 e. The molecular formula is C15H25N3O2S. The number of nitrogen functional groups attached to an aromatic ring is 1. The van der Waals surface area contributed by atoms with Crippen molar-refractivity contribution in [2.75, 3.05) is 31.9 Å². The molecule has 0 unspecified atom stereocenters. The fourth-order valence-corrected chi connectivity index (χ4v) is 3.80. The second-order valence-electron chi connectivity index (χ2n) is 5.87. The molecule has 21 heavy (non-hydrogen) atoms. The molecule has 0 radical (unpaired) electrons. The molecule has 1 fully saturated rings. The van der Waals surface area contributed by atoms with Gasteiger partial charge in [0.05, 0.1) is 4.90 Å². The van der Waals surface area contributed by atoms with E-state index in [1.807, 2.05) is 0 Å². The van der Waals surface area contributed by atoms with E-state index in [0.717, 1.165) is 32.0 Å². The van der Waals surface area contributed by atoms with Crippen molar-refractivity contribution in [3.63, 3.8) is 0 Å². The molecule has 1 atom stereocenters. The van der Waals surface area contributed by atoms with E-state index in [1.54, 1.807) is 12.1 Å². The topological polar surface area (TPSA) is 75.4 Å². The van der Waals surface area contributed by atoms with Crippen LogP contribution in [0.2, 0.25) is 0 Å². The Bertz CT molecular complexity index is 543. The average Bonchev–Trinajstić information content (AvgIpc) is 2.44. The first-order valence-electron chi connectivity index (χ1n) is 7.55. The quantitative estimate of drug-likeness (QED) is 0.619. The minimum Gasteiger partial charge on any atom is -0.399 e. The summed E-state index contributed by atoms with van der Waals surface area (Å²) in [5, 5.41) is 0. The Kier molecular flexibility index (Phi) is 5.61. The van der Waals surface area contributed by atoms with E-state index < -0.39 is 10.0 Å². The lowest BCUT2D eigenvalue weighted by atomic mass is 10.0. The maximum absolute atomic E-state index is 12.1. The zero-order valence-electron chi connectivity index (χ0n) is 12.6. The van der Waals surface area contributed by atoms with Gasteiger partial charge in [0.2, 0.25) is 10.0 Å². The largest absolute Gasteiger partial charge is 0.399 e. The number of likely N-dealkylation sites (tertiary alicyclic amines) is 1. The summed E-state index contributed by atoms with van der Waals surface area (Å²) in [5.41, 5.74) is 6.13. The first kappa shape index (κ1) is 16.3. The molecule has 0 aliphatic carbocycles. The van der Waals surface area contributed by atoms with Gasteiger partial charge in [0.1, 0.15) is 0 Å². The highest BCUT2D eigenvalue weighted by Gasteiger charge is 2.16. The van der Waals surface area contributed by atoms with E-state index >= 15 is 0 Å². The zero-order valence-corrected chi connectivity index (χ0v) is 13.4. The monoisotopic (exact) mass is 311 g/mol. The van der Waals surface area contributed by atoms with Crippen molar-refractivity contribution >= 4 is 15.7 Å². The van der Waals surface area contributed by atoms with Gasteiger partial charge in [-0.25, -0.2) is 13.1 Å². The number of nitrogens with one attached hydrogen (secondary N) is 1. The fourth-order valence-electron chi connectivity index (χ4n) is 2.73. The molecule has 5 nitrogen and oxygen atoms in total.